The summed E-state index contributed by atoms with van der Waals surface area (Å²) in [5.41, 5.74) is 3.67. The lowest BCUT2D eigenvalue weighted by atomic mass is 9.75. The maximum atomic E-state index is 9.63. The Morgan fingerprint density at radius 2 is 2.23 bits per heavy atom. The van der Waals surface area contributed by atoms with Gasteiger partial charge in [0.2, 0.25) is 0 Å². The number of hydrogen-bond donors (Lipinski definition) is 3. The van der Waals surface area contributed by atoms with Gasteiger partial charge in [-0.05, 0) is 25.2 Å². The van der Waals surface area contributed by atoms with E-state index in [1.807, 2.05) is 0 Å². The molecule has 0 bridgehead atoms. The Hall–Kier alpha value is -0.380. The molecule has 13 heavy (non-hydrogen) atoms. The summed E-state index contributed by atoms with van der Waals surface area (Å²) in [4.78, 5) is 0. The first kappa shape index (κ1) is 10.7. The molecular formula is C10H20N2O. The highest BCUT2D eigenvalue weighted by Gasteiger charge is 2.30. The number of aliphatic hydroxyl groups excluding tert-OH is 1. The van der Waals surface area contributed by atoms with Crippen LogP contribution in [0.1, 0.15) is 27.2 Å². The maximum Gasteiger partial charge on any atom is 0.123 e. The smallest absolute Gasteiger partial charge is 0.123 e. The van der Waals surface area contributed by atoms with Crippen LogP contribution < -0.4 is 11.3 Å². The predicted octanol–water partition coefficient (Wildman–Crippen LogP) is 1.01. The largest absolute Gasteiger partial charge is 0.377 e. The number of aliphatic hydroxyl groups is 1. The third-order valence-corrected chi connectivity index (χ3v) is 2.94. The first-order valence-corrected chi connectivity index (χ1v) is 4.88. The molecule has 0 aromatic rings. The number of allylic oxidation sites excluding steroid dienone is 1. The molecule has 1 aliphatic carbocycles. The Morgan fingerprint density at radius 3 is 2.69 bits per heavy atom. The number of hydrazine groups is 1. The Labute approximate surface area is 80.0 Å². The molecule has 76 valence electrons. The molecule has 1 rings (SSSR count). The topological polar surface area (TPSA) is 58.3 Å². The van der Waals surface area contributed by atoms with Crippen molar-refractivity contribution in [3.8, 4) is 0 Å². The third kappa shape index (κ3) is 2.30. The van der Waals surface area contributed by atoms with E-state index in [1.165, 1.54) is 5.57 Å². The van der Waals surface area contributed by atoms with Crippen molar-refractivity contribution in [1.82, 2.24) is 5.43 Å². The molecule has 4 N–H and O–H groups in total. The fourth-order valence-corrected chi connectivity index (χ4v) is 2.47. The highest BCUT2D eigenvalue weighted by molar-refractivity contribution is 5.12. The summed E-state index contributed by atoms with van der Waals surface area (Å²) in [7, 11) is 0. The molecule has 0 aromatic heterocycles. The fourth-order valence-electron chi connectivity index (χ4n) is 2.47. The van der Waals surface area contributed by atoms with Crippen molar-refractivity contribution >= 4 is 0 Å². The molecule has 4 atom stereocenters. The van der Waals surface area contributed by atoms with E-state index < -0.39 is 6.23 Å². The quantitative estimate of drug-likeness (QED) is 0.260. The van der Waals surface area contributed by atoms with E-state index in [4.69, 9.17) is 5.84 Å². The summed E-state index contributed by atoms with van der Waals surface area (Å²) >= 11 is 0. The molecule has 1 aliphatic rings. The minimum Gasteiger partial charge on any atom is -0.377 e. The van der Waals surface area contributed by atoms with Gasteiger partial charge in [0, 0.05) is 5.92 Å². The van der Waals surface area contributed by atoms with E-state index in [0.717, 1.165) is 6.42 Å². The van der Waals surface area contributed by atoms with Crippen molar-refractivity contribution in [3.05, 3.63) is 11.6 Å². The van der Waals surface area contributed by atoms with Gasteiger partial charge in [0.25, 0.3) is 0 Å². The zero-order chi connectivity index (χ0) is 10.0. The van der Waals surface area contributed by atoms with Crippen LogP contribution in [-0.2, 0) is 0 Å². The predicted molar refractivity (Wildman–Crippen MR) is 53.5 cm³/mol. The summed E-state index contributed by atoms with van der Waals surface area (Å²) in [5.74, 6) is 6.52. The van der Waals surface area contributed by atoms with Crippen LogP contribution in [0.4, 0.5) is 0 Å². The zero-order valence-electron chi connectivity index (χ0n) is 8.62. The minimum absolute atomic E-state index is 0.168. The van der Waals surface area contributed by atoms with Crippen molar-refractivity contribution in [2.24, 2.45) is 23.6 Å². The normalized spacial score (nSPS) is 37.0. The van der Waals surface area contributed by atoms with Crippen LogP contribution in [0.25, 0.3) is 0 Å². The van der Waals surface area contributed by atoms with Gasteiger partial charge < -0.3 is 5.11 Å². The molecule has 0 radical (unpaired) electrons. The van der Waals surface area contributed by atoms with Gasteiger partial charge in [0.15, 0.2) is 0 Å². The number of nitrogens with two attached hydrogens (primary N) is 1. The number of hydrogen-bond acceptors (Lipinski definition) is 3. The average Bonchev–Trinajstić information content (AvgIpc) is 2.02. The van der Waals surface area contributed by atoms with Crippen molar-refractivity contribution in [3.63, 3.8) is 0 Å². The lowest BCUT2D eigenvalue weighted by Crippen LogP contribution is -2.44. The van der Waals surface area contributed by atoms with Gasteiger partial charge >= 0.3 is 0 Å². The number of nitrogens with one attached hydrogen (secondary N) is 1. The van der Waals surface area contributed by atoms with Crippen LogP contribution in [0.2, 0.25) is 0 Å². The molecule has 3 heteroatoms. The lowest BCUT2D eigenvalue weighted by Gasteiger charge is -2.34. The van der Waals surface area contributed by atoms with Gasteiger partial charge in [-0.25, -0.2) is 5.43 Å². The summed E-state index contributed by atoms with van der Waals surface area (Å²) < 4.78 is 0. The van der Waals surface area contributed by atoms with Gasteiger partial charge in [-0.1, -0.05) is 25.5 Å². The first-order chi connectivity index (χ1) is 6.06. The highest BCUT2D eigenvalue weighted by Crippen LogP contribution is 2.34. The standard InChI is InChI=1S/C10H20N2O/c1-6-4-7(2)9(8(3)5-6)10(13)12-11/h4,6,8-10,12-13H,5,11H2,1-3H3. The van der Waals surface area contributed by atoms with Gasteiger partial charge in [0.05, 0.1) is 0 Å². The van der Waals surface area contributed by atoms with Crippen LogP contribution in [0.15, 0.2) is 11.6 Å². The second kappa shape index (κ2) is 4.22. The van der Waals surface area contributed by atoms with E-state index in [0.29, 0.717) is 11.8 Å². The van der Waals surface area contributed by atoms with Crippen molar-refractivity contribution in [1.29, 1.82) is 0 Å². The van der Waals surface area contributed by atoms with Crippen molar-refractivity contribution in [2.45, 2.75) is 33.4 Å². The van der Waals surface area contributed by atoms with Crippen molar-refractivity contribution in [2.75, 3.05) is 0 Å². The second-order valence-corrected chi connectivity index (χ2v) is 4.24. The maximum absolute atomic E-state index is 9.63. The van der Waals surface area contributed by atoms with Gasteiger partial charge in [-0.2, -0.15) is 0 Å². The van der Waals surface area contributed by atoms with Gasteiger partial charge in [-0.3, -0.25) is 5.84 Å². The van der Waals surface area contributed by atoms with E-state index in [9.17, 15) is 5.11 Å². The number of rotatable bonds is 2. The van der Waals surface area contributed by atoms with Crippen LogP contribution in [-0.4, -0.2) is 11.3 Å². The van der Waals surface area contributed by atoms with Crippen molar-refractivity contribution < 1.29 is 5.11 Å². The SMILES string of the molecule is CC1=CC(C)CC(C)C1C(O)NN. The molecule has 0 spiro atoms. The molecule has 3 nitrogen and oxygen atoms in total. The third-order valence-electron chi connectivity index (χ3n) is 2.94. The Bertz CT molecular complexity index is 203. The first-order valence-electron chi connectivity index (χ1n) is 4.88. The molecule has 0 aromatic carbocycles. The zero-order valence-corrected chi connectivity index (χ0v) is 8.62. The van der Waals surface area contributed by atoms with Crippen LogP contribution in [0, 0.1) is 17.8 Å². The van der Waals surface area contributed by atoms with Gasteiger partial charge in [-0.15, -0.1) is 0 Å². The molecule has 0 aliphatic heterocycles. The molecule has 0 amide bonds. The van der Waals surface area contributed by atoms with Crippen LogP contribution in [0.3, 0.4) is 0 Å². The van der Waals surface area contributed by atoms with Gasteiger partial charge in [0.1, 0.15) is 6.23 Å². The second-order valence-electron chi connectivity index (χ2n) is 4.24. The van der Waals surface area contributed by atoms with E-state index >= 15 is 0 Å². The Morgan fingerprint density at radius 1 is 1.62 bits per heavy atom. The summed E-state index contributed by atoms with van der Waals surface area (Å²) in [5, 5.41) is 9.63. The Kier molecular flexibility index (Phi) is 3.47. The average molecular weight is 184 g/mol. The molecule has 0 fully saturated rings. The van der Waals surface area contributed by atoms with E-state index in [1.54, 1.807) is 0 Å². The summed E-state index contributed by atoms with van der Waals surface area (Å²) in [6, 6.07) is 0. The highest BCUT2D eigenvalue weighted by atomic mass is 16.3. The lowest BCUT2D eigenvalue weighted by molar-refractivity contribution is 0.0570. The Balaban J connectivity index is 2.77. The molecule has 0 heterocycles. The van der Waals surface area contributed by atoms with Crippen LogP contribution >= 0.6 is 0 Å². The van der Waals surface area contributed by atoms with E-state index in [-0.39, 0.29) is 5.92 Å². The fraction of sp³-hybridized carbons (Fsp3) is 0.800. The molecule has 0 saturated heterocycles. The van der Waals surface area contributed by atoms with Crippen LogP contribution in [0.5, 0.6) is 0 Å². The van der Waals surface area contributed by atoms with E-state index in [2.05, 4.69) is 32.3 Å². The minimum atomic E-state index is -0.612. The molecule has 4 unspecified atom stereocenters. The summed E-state index contributed by atoms with van der Waals surface area (Å²) in [6.07, 6.45) is 2.74. The monoisotopic (exact) mass is 184 g/mol. The summed E-state index contributed by atoms with van der Waals surface area (Å²) in [6.45, 7) is 6.44. The molecular weight excluding hydrogens is 164 g/mol. The molecule has 0 saturated carbocycles.